The maximum Gasteiger partial charge on any atom is 0.418 e. The first-order valence-corrected chi connectivity index (χ1v) is 14.8. The Morgan fingerprint density at radius 2 is 1.86 bits per heavy atom. The number of nitrogen functional groups attached to an aromatic ring is 1. The summed E-state index contributed by atoms with van der Waals surface area (Å²) in [6.45, 7) is 5.40. The molecule has 1 saturated carbocycles. The molecule has 12 heteroatoms. The number of halogens is 4. The number of rotatable bonds is 3. The summed E-state index contributed by atoms with van der Waals surface area (Å²) < 4.78 is 64.7. The molecule has 6 heterocycles. The molecule has 0 aromatic carbocycles. The molecule has 3 saturated heterocycles. The lowest BCUT2D eigenvalue weighted by Crippen LogP contribution is -2.38. The predicted molar refractivity (Wildman–Crippen MR) is 150 cm³/mol. The van der Waals surface area contributed by atoms with E-state index in [2.05, 4.69) is 24.8 Å². The Morgan fingerprint density at radius 1 is 1.10 bits per heavy atom. The Balaban J connectivity index is 0.000000265. The molecule has 5 aliphatic rings. The number of fused-ring (bicyclic) bond motifs is 4. The quantitative estimate of drug-likeness (QED) is 0.466. The minimum atomic E-state index is -4.56. The number of alkyl halides is 3. The van der Waals surface area contributed by atoms with Crippen molar-refractivity contribution < 1.29 is 27.0 Å². The maximum atomic E-state index is 13.8. The number of nitrogens with two attached hydrogens (primary N) is 1. The summed E-state index contributed by atoms with van der Waals surface area (Å²) in [7, 11) is 1.49. The van der Waals surface area contributed by atoms with Gasteiger partial charge in [-0.15, -0.1) is 0 Å². The van der Waals surface area contributed by atoms with Gasteiger partial charge in [0.05, 0.1) is 37.0 Å². The molecule has 2 bridgehead atoms. The number of aromatic nitrogens is 3. The third kappa shape index (κ3) is 5.79. The highest BCUT2D eigenvalue weighted by Gasteiger charge is 2.41. The first-order valence-electron chi connectivity index (χ1n) is 14.8. The first-order chi connectivity index (χ1) is 20.1. The Hall–Kier alpha value is -2.99. The molecule has 0 spiro atoms. The minimum Gasteiger partial charge on any atom is -0.467 e. The second kappa shape index (κ2) is 11.6. The lowest BCUT2D eigenvalue weighted by Gasteiger charge is -2.36. The molecule has 8 nitrogen and oxygen atoms in total. The van der Waals surface area contributed by atoms with Crippen LogP contribution in [0, 0.1) is 18.8 Å². The van der Waals surface area contributed by atoms with Crippen molar-refractivity contribution in [2.45, 2.75) is 76.8 Å². The van der Waals surface area contributed by atoms with Crippen LogP contribution in [0.4, 0.5) is 29.2 Å². The molecule has 4 aliphatic heterocycles. The van der Waals surface area contributed by atoms with Crippen LogP contribution in [0.25, 0.3) is 0 Å². The SMILES string of the molecule is COc1nc2c(c(N3CC4CCC(C4)C3)n1)COC(c1nc(N)cc(C)c1C(F)(F)F)C2.F/C=C1/CC2CCCN2C1. The van der Waals surface area contributed by atoms with Gasteiger partial charge in [0.15, 0.2) is 0 Å². The second-order valence-electron chi connectivity index (χ2n) is 12.3. The Labute approximate surface area is 243 Å². The highest BCUT2D eigenvalue weighted by Crippen LogP contribution is 2.43. The summed E-state index contributed by atoms with van der Waals surface area (Å²) in [5.74, 6) is 2.10. The highest BCUT2D eigenvalue weighted by molar-refractivity contribution is 5.52. The zero-order valence-electron chi connectivity index (χ0n) is 24.1. The average Bonchev–Trinajstić information content (AvgIpc) is 3.65. The monoisotopic (exact) mass is 590 g/mol. The van der Waals surface area contributed by atoms with Gasteiger partial charge in [-0.05, 0) is 81.0 Å². The van der Waals surface area contributed by atoms with E-state index in [1.165, 1.54) is 58.7 Å². The van der Waals surface area contributed by atoms with Crippen LogP contribution in [-0.2, 0) is 23.9 Å². The van der Waals surface area contributed by atoms with Crippen molar-refractivity contribution in [2.75, 3.05) is 43.9 Å². The first kappa shape index (κ1) is 29.1. The lowest BCUT2D eigenvalue weighted by atomic mass is 9.95. The molecule has 0 radical (unpaired) electrons. The van der Waals surface area contributed by atoms with E-state index in [9.17, 15) is 17.6 Å². The molecule has 2 aromatic heterocycles. The van der Waals surface area contributed by atoms with Crippen molar-refractivity contribution in [3.63, 3.8) is 0 Å². The molecule has 4 unspecified atom stereocenters. The molecule has 42 heavy (non-hydrogen) atoms. The van der Waals surface area contributed by atoms with Gasteiger partial charge in [0.1, 0.15) is 17.7 Å². The van der Waals surface area contributed by atoms with Crippen LogP contribution in [-0.4, -0.2) is 59.2 Å². The maximum absolute atomic E-state index is 13.8. The number of pyridine rings is 1. The van der Waals surface area contributed by atoms with Crippen molar-refractivity contribution in [2.24, 2.45) is 11.8 Å². The number of piperidine rings is 1. The van der Waals surface area contributed by atoms with E-state index in [1.807, 2.05) is 0 Å². The zero-order valence-corrected chi connectivity index (χ0v) is 24.1. The van der Waals surface area contributed by atoms with Gasteiger partial charge in [-0.3, -0.25) is 4.90 Å². The standard InChI is InChI=1S/C22H26F3N5O2.C8H12FN/c1-11-5-17(26)28-19(18(11)22(23,24)25)16-7-15-14(10-32-16)20(29-21(27-15)31-2)30-8-12-3-4-13(6-12)9-30;9-5-7-4-8-2-1-3-10(8)6-7/h5,12-13,16H,3-4,6-10H2,1-2H3,(H2,26,28);5,8H,1-4,6H2/b;7-5-. The topological polar surface area (TPSA) is 89.6 Å². The van der Waals surface area contributed by atoms with Gasteiger partial charge in [0.25, 0.3) is 0 Å². The number of methoxy groups -OCH3 is 1. The number of aryl methyl sites for hydroxylation is 1. The smallest absolute Gasteiger partial charge is 0.418 e. The Kier molecular flexibility index (Phi) is 8.03. The normalized spacial score (nSPS) is 28.0. The minimum absolute atomic E-state index is 0.0270. The molecule has 2 N–H and O–H groups in total. The van der Waals surface area contributed by atoms with E-state index < -0.39 is 17.8 Å². The number of anilines is 2. The van der Waals surface area contributed by atoms with Crippen molar-refractivity contribution in [3.8, 4) is 6.01 Å². The third-order valence-corrected chi connectivity index (χ3v) is 9.36. The van der Waals surface area contributed by atoms with Crippen molar-refractivity contribution in [1.29, 1.82) is 0 Å². The summed E-state index contributed by atoms with van der Waals surface area (Å²) in [5.41, 5.74) is 7.26. The number of ether oxygens (including phenoxy) is 2. The van der Waals surface area contributed by atoms with Gasteiger partial charge in [0, 0.05) is 37.7 Å². The van der Waals surface area contributed by atoms with E-state index in [4.69, 9.17) is 15.2 Å². The predicted octanol–water partition coefficient (Wildman–Crippen LogP) is 5.55. The second-order valence-corrected chi connectivity index (χ2v) is 12.3. The van der Waals surface area contributed by atoms with E-state index in [0.717, 1.165) is 49.3 Å². The van der Waals surface area contributed by atoms with E-state index in [-0.39, 0.29) is 36.1 Å². The van der Waals surface area contributed by atoms with Crippen LogP contribution in [0.3, 0.4) is 0 Å². The van der Waals surface area contributed by atoms with Gasteiger partial charge in [-0.2, -0.15) is 23.1 Å². The fraction of sp³-hybridized carbons (Fsp3) is 0.633. The van der Waals surface area contributed by atoms with E-state index in [1.54, 1.807) is 0 Å². The van der Waals surface area contributed by atoms with Crippen LogP contribution >= 0.6 is 0 Å². The fourth-order valence-electron chi connectivity index (χ4n) is 7.51. The number of nitrogens with zero attached hydrogens (tertiary/aromatic N) is 5. The van der Waals surface area contributed by atoms with Gasteiger partial charge in [-0.1, -0.05) is 0 Å². The third-order valence-electron chi connectivity index (χ3n) is 9.36. The summed E-state index contributed by atoms with van der Waals surface area (Å²) in [6, 6.07) is 2.13. The van der Waals surface area contributed by atoms with Gasteiger partial charge in [-0.25, -0.2) is 9.37 Å². The molecular formula is C30H38F4N6O2. The molecule has 2 aromatic rings. The molecule has 0 amide bonds. The van der Waals surface area contributed by atoms with Gasteiger partial charge >= 0.3 is 12.2 Å². The molecule has 1 aliphatic carbocycles. The van der Waals surface area contributed by atoms with Crippen molar-refractivity contribution in [1.82, 2.24) is 19.9 Å². The van der Waals surface area contributed by atoms with Crippen LogP contribution < -0.4 is 15.4 Å². The summed E-state index contributed by atoms with van der Waals surface area (Å²) in [5, 5.41) is 0. The lowest BCUT2D eigenvalue weighted by molar-refractivity contribution is -0.140. The van der Waals surface area contributed by atoms with Crippen LogP contribution in [0.1, 0.15) is 72.7 Å². The number of hydrogen-bond acceptors (Lipinski definition) is 8. The Morgan fingerprint density at radius 3 is 2.52 bits per heavy atom. The Bertz CT molecular complexity index is 1330. The summed E-state index contributed by atoms with van der Waals surface area (Å²) in [6.07, 6.45) is 2.73. The average molecular weight is 591 g/mol. The van der Waals surface area contributed by atoms with Crippen molar-refractivity contribution >= 4 is 11.6 Å². The highest BCUT2D eigenvalue weighted by atomic mass is 19.4. The molecule has 4 atom stereocenters. The largest absolute Gasteiger partial charge is 0.467 e. The van der Waals surface area contributed by atoms with Gasteiger partial charge in [0.2, 0.25) is 0 Å². The summed E-state index contributed by atoms with van der Waals surface area (Å²) in [4.78, 5) is 17.8. The molecular weight excluding hydrogens is 552 g/mol. The van der Waals surface area contributed by atoms with Crippen molar-refractivity contribution in [3.05, 3.63) is 46.0 Å². The summed E-state index contributed by atoms with van der Waals surface area (Å²) >= 11 is 0. The van der Waals surface area contributed by atoms with Crippen LogP contribution in [0.2, 0.25) is 0 Å². The molecule has 4 fully saturated rings. The molecule has 7 rings (SSSR count). The van der Waals surface area contributed by atoms with E-state index in [0.29, 0.717) is 23.6 Å². The zero-order chi connectivity index (χ0) is 29.6. The van der Waals surface area contributed by atoms with Crippen LogP contribution in [0.5, 0.6) is 6.01 Å². The van der Waals surface area contributed by atoms with Crippen LogP contribution in [0.15, 0.2) is 18.0 Å². The fourth-order valence-corrected chi connectivity index (χ4v) is 7.51. The van der Waals surface area contributed by atoms with E-state index >= 15 is 0 Å². The molecule has 228 valence electrons. The number of hydrogen-bond donors (Lipinski definition) is 1. The van der Waals surface area contributed by atoms with Gasteiger partial charge < -0.3 is 20.1 Å².